The Morgan fingerprint density at radius 3 is 2.55 bits per heavy atom. The molecular weight excluding hydrogens is 473 g/mol. The van der Waals surface area contributed by atoms with Gasteiger partial charge in [-0.05, 0) is 42.5 Å². The van der Waals surface area contributed by atoms with Crippen LogP contribution in [-0.2, 0) is 4.79 Å². The maximum atomic E-state index is 12.6. The molecule has 3 aromatic rings. The van der Waals surface area contributed by atoms with Crippen LogP contribution in [-0.4, -0.2) is 16.9 Å². The summed E-state index contributed by atoms with van der Waals surface area (Å²) in [7, 11) is 0. The number of amides is 2. The van der Waals surface area contributed by atoms with E-state index in [0.717, 1.165) is 10.1 Å². The van der Waals surface area contributed by atoms with E-state index in [1.165, 1.54) is 11.3 Å². The standard InChI is InChI=1S/C19H14Cl3N3O2S2/c1-2-15(26)23-10-4-6-12(21)13(8-10)24-19(28)25-18(27)17-16(22)11-5-3-9(20)7-14(11)29-17/h3-8H,2H2,1H3,(H,23,26)(H2,24,25,27,28). The van der Waals surface area contributed by atoms with Crippen molar-refractivity contribution in [3.63, 3.8) is 0 Å². The summed E-state index contributed by atoms with van der Waals surface area (Å²) in [6, 6.07) is 10.1. The third-order valence-electron chi connectivity index (χ3n) is 3.84. The molecule has 0 aliphatic carbocycles. The number of hydrogen-bond acceptors (Lipinski definition) is 4. The summed E-state index contributed by atoms with van der Waals surface area (Å²) < 4.78 is 0.800. The monoisotopic (exact) mass is 485 g/mol. The van der Waals surface area contributed by atoms with Gasteiger partial charge in [0.1, 0.15) is 4.88 Å². The second-order valence-corrected chi connectivity index (χ2v) is 8.57. The molecule has 29 heavy (non-hydrogen) atoms. The van der Waals surface area contributed by atoms with Gasteiger partial charge in [-0.2, -0.15) is 0 Å². The van der Waals surface area contributed by atoms with Crippen molar-refractivity contribution in [2.45, 2.75) is 13.3 Å². The van der Waals surface area contributed by atoms with E-state index < -0.39 is 5.91 Å². The van der Waals surface area contributed by atoms with Crippen molar-refractivity contribution in [1.82, 2.24) is 5.32 Å². The number of halogens is 3. The predicted molar refractivity (Wildman–Crippen MR) is 126 cm³/mol. The molecule has 0 saturated carbocycles. The highest BCUT2D eigenvalue weighted by Crippen LogP contribution is 2.36. The molecule has 2 aromatic carbocycles. The molecule has 0 radical (unpaired) electrons. The van der Waals surface area contributed by atoms with Crippen LogP contribution in [0.4, 0.5) is 11.4 Å². The fraction of sp³-hybridized carbons (Fsp3) is 0.105. The lowest BCUT2D eigenvalue weighted by atomic mass is 10.2. The Balaban J connectivity index is 1.74. The topological polar surface area (TPSA) is 70.2 Å². The van der Waals surface area contributed by atoms with Gasteiger partial charge in [-0.3, -0.25) is 14.9 Å². The molecule has 150 valence electrons. The zero-order valence-electron chi connectivity index (χ0n) is 14.9. The van der Waals surface area contributed by atoms with Gasteiger partial charge in [0.2, 0.25) is 5.91 Å². The number of hydrogen-bond donors (Lipinski definition) is 3. The number of carbonyl (C=O) groups is 2. The lowest BCUT2D eigenvalue weighted by Crippen LogP contribution is -2.33. The van der Waals surface area contributed by atoms with E-state index in [0.29, 0.717) is 37.7 Å². The minimum atomic E-state index is -0.448. The van der Waals surface area contributed by atoms with E-state index in [9.17, 15) is 9.59 Å². The zero-order valence-corrected chi connectivity index (χ0v) is 18.8. The largest absolute Gasteiger partial charge is 0.331 e. The normalized spacial score (nSPS) is 10.6. The summed E-state index contributed by atoms with van der Waals surface area (Å²) >= 11 is 25.0. The van der Waals surface area contributed by atoms with Crippen molar-refractivity contribution < 1.29 is 9.59 Å². The number of anilines is 2. The second kappa shape index (κ2) is 9.28. The first-order valence-electron chi connectivity index (χ1n) is 8.37. The molecular formula is C19H14Cl3N3O2S2. The highest BCUT2D eigenvalue weighted by molar-refractivity contribution is 7.80. The van der Waals surface area contributed by atoms with Gasteiger partial charge in [0.05, 0.1) is 15.7 Å². The summed E-state index contributed by atoms with van der Waals surface area (Å²) in [5.74, 6) is -0.579. The first-order chi connectivity index (χ1) is 13.8. The van der Waals surface area contributed by atoms with Gasteiger partial charge in [-0.25, -0.2) is 0 Å². The Kier molecular flexibility index (Phi) is 6.97. The molecule has 3 N–H and O–H groups in total. The number of carbonyl (C=O) groups excluding carboxylic acids is 2. The van der Waals surface area contributed by atoms with Crippen LogP contribution in [0, 0.1) is 0 Å². The summed E-state index contributed by atoms with van der Waals surface area (Å²) in [5.41, 5.74) is 1.00. The second-order valence-electron chi connectivity index (χ2n) is 5.89. The van der Waals surface area contributed by atoms with Crippen LogP contribution < -0.4 is 16.0 Å². The SMILES string of the molecule is CCC(=O)Nc1ccc(Cl)c(NC(=S)NC(=O)c2sc3cc(Cl)ccc3c2Cl)c1. The quantitative estimate of drug-likeness (QED) is 0.376. The first kappa shape index (κ1) is 21.8. The maximum absolute atomic E-state index is 12.6. The molecule has 3 rings (SSSR count). The number of nitrogens with one attached hydrogen (secondary N) is 3. The molecule has 2 amide bonds. The van der Waals surface area contributed by atoms with Gasteiger partial charge >= 0.3 is 0 Å². The van der Waals surface area contributed by atoms with Crippen LogP contribution >= 0.6 is 58.4 Å². The number of thiophene rings is 1. The van der Waals surface area contributed by atoms with Crippen molar-refractivity contribution in [1.29, 1.82) is 0 Å². The van der Waals surface area contributed by atoms with Gasteiger partial charge < -0.3 is 10.6 Å². The number of fused-ring (bicyclic) bond motifs is 1. The molecule has 0 atom stereocenters. The molecule has 0 spiro atoms. The lowest BCUT2D eigenvalue weighted by molar-refractivity contribution is -0.115. The average Bonchev–Trinajstić information content (AvgIpc) is 3.00. The summed E-state index contributed by atoms with van der Waals surface area (Å²) in [5, 5.41) is 10.2. The number of thiocarbonyl (C=S) groups is 1. The van der Waals surface area contributed by atoms with Gasteiger partial charge in [0, 0.05) is 27.2 Å². The van der Waals surface area contributed by atoms with E-state index >= 15 is 0 Å². The molecule has 0 unspecified atom stereocenters. The molecule has 0 bridgehead atoms. The predicted octanol–water partition coefficient (Wildman–Crippen LogP) is 6.34. The van der Waals surface area contributed by atoms with Crippen LogP contribution in [0.3, 0.4) is 0 Å². The molecule has 1 aromatic heterocycles. The minimum absolute atomic E-state index is 0.0439. The number of rotatable bonds is 4. The van der Waals surface area contributed by atoms with Gasteiger partial charge in [-0.15, -0.1) is 11.3 Å². The third kappa shape index (κ3) is 5.18. The molecule has 1 heterocycles. The Morgan fingerprint density at radius 2 is 1.83 bits per heavy atom. The molecule has 0 saturated heterocycles. The van der Waals surface area contributed by atoms with Gasteiger partial charge in [0.25, 0.3) is 5.91 Å². The van der Waals surface area contributed by atoms with Gasteiger partial charge in [0.15, 0.2) is 5.11 Å². The van der Waals surface area contributed by atoms with Crippen LogP contribution in [0.2, 0.25) is 15.1 Å². The van der Waals surface area contributed by atoms with E-state index in [4.69, 9.17) is 47.0 Å². The smallest absolute Gasteiger partial charge is 0.269 e. The average molecular weight is 487 g/mol. The Labute approximate surface area is 191 Å². The van der Waals surface area contributed by atoms with Crippen LogP contribution in [0.15, 0.2) is 36.4 Å². The van der Waals surface area contributed by atoms with Crippen molar-refractivity contribution in [3.05, 3.63) is 56.3 Å². The van der Waals surface area contributed by atoms with Gasteiger partial charge in [-0.1, -0.05) is 47.8 Å². The molecule has 0 fully saturated rings. The molecule has 5 nitrogen and oxygen atoms in total. The van der Waals surface area contributed by atoms with E-state index in [1.807, 2.05) is 0 Å². The van der Waals surface area contributed by atoms with Crippen molar-refractivity contribution in [3.8, 4) is 0 Å². The third-order valence-corrected chi connectivity index (χ3v) is 6.27. The van der Waals surface area contributed by atoms with Crippen LogP contribution in [0.1, 0.15) is 23.0 Å². The van der Waals surface area contributed by atoms with Crippen LogP contribution in [0.25, 0.3) is 10.1 Å². The maximum Gasteiger partial charge on any atom is 0.269 e. The van der Waals surface area contributed by atoms with E-state index in [2.05, 4.69) is 16.0 Å². The van der Waals surface area contributed by atoms with Crippen molar-refractivity contribution in [2.24, 2.45) is 0 Å². The van der Waals surface area contributed by atoms with Crippen molar-refractivity contribution >= 4 is 96.7 Å². The summed E-state index contributed by atoms with van der Waals surface area (Å²) in [6.45, 7) is 1.75. The Morgan fingerprint density at radius 1 is 1.07 bits per heavy atom. The highest BCUT2D eigenvalue weighted by Gasteiger charge is 2.18. The lowest BCUT2D eigenvalue weighted by Gasteiger charge is -2.12. The summed E-state index contributed by atoms with van der Waals surface area (Å²) in [4.78, 5) is 24.5. The molecule has 10 heteroatoms. The van der Waals surface area contributed by atoms with E-state index in [-0.39, 0.29) is 11.0 Å². The van der Waals surface area contributed by atoms with Crippen LogP contribution in [0.5, 0.6) is 0 Å². The minimum Gasteiger partial charge on any atom is -0.331 e. The highest BCUT2D eigenvalue weighted by atomic mass is 35.5. The fourth-order valence-corrected chi connectivity index (χ4v) is 4.50. The molecule has 0 aliphatic rings. The Bertz CT molecular complexity index is 1130. The zero-order chi connectivity index (χ0) is 21.1. The Hall–Kier alpha value is -1.90. The van der Waals surface area contributed by atoms with E-state index in [1.54, 1.807) is 43.3 Å². The van der Waals surface area contributed by atoms with Crippen molar-refractivity contribution in [2.75, 3.05) is 10.6 Å². The molecule has 0 aliphatic heterocycles. The fourth-order valence-electron chi connectivity index (χ4n) is 2.45. The first-order valence-corrected chi connectivity index (χ1v) is 10.7. The summed E-state index contributed by atoms with van der Waals surface area (Å²) in [6.07, 6.45) is 0.348. The number of benzene rings is 2.